The molecule has 21 heavy (non-hydrogen) atoms. The van der Waals surface area contributed by atoms with Crippen molar-refractivity contribution in [3.8, 4) is 0 Å². The van der Waals surface area contributed by atoms with Gasteiger partial charge in [-0.3, -0.25) is 18.1 Å². The van der Waals surface area contributed by atoms with Crippen molar-refractivity contribution >= 4 is 15.6 Å². The fourth-order valence-corrected chi connectivity index (χ4v) is 3.56. The van der Waals surface area contributed by atoms with E-state index in [2.05, 4.69) is 60.5 Å². The summed E-state index contributed by atoms with van der Waals surface area (Å²) in [6.07, 6.45) is 0. The van der Waals surface area contributed by atoms with E-state index in [0.29, 0.717) is 0 Å². The van der Waals surface area contributed by atoms with Crippen molar-refractivity contribution < 1.29 is 31.5 Å². The van der Waals surface area contributed by atoms with Crippen molar-refractivity contribution in [2.45, 2.75) is 13.8 Å². The van der Waals surface area contributed by atoms with Crippen LogP contribution in [0, 0.1) is 13.8 Å². The minimum Gasteiger partial charge on any atom is -0.290 e. The van der Waals surface area contributed by atoms with Crippen LogP contribution in [-0.2, 0) is 31.5 Å². The summed E-state index contributed by atoms with van der Waals surface area (Å²) in [6.45, 7) is 4.21. The number of aryl methyl sites for hydroxylation is 2. The summed E-state index contributed by atoms with van der Waals surface area (Å²) in [6, 6.07) is 8.45. The summed E-state index contributed by atoms with van der Waals surface area (Å²) in [7, 11) is -3.36. The second kappa shape index (κ2) is 9.49. The highest BCUT2D eigenvalue weighted by molar-refractivity contribution is 7.62. The van der Waals surface area contributed by atoms with Crippen molar-refractivity contribution in [2.75, 3.05) is 28.4 Å². The Balaban J connectivity index is 0.000000423. The highest BCUT2D eigenvalue weighted by atomic mass is 31.3. The van der Waals surface area contributed by atoms with Crippen molar-refractivity contribution in [3.63, 3.8) is 0 Å². The molecule has 0 unspecified atom stereocenters. The van der Waals surface area contributed by atoms with Crippen LogP contribution in [0.3, 0.4) is 0 Å². The quantitative estimate of drug-likeness (QED) is 0.721. The van der Waals surface area contributed by atoms with Gasteiger partial charge in [-0.15, -0.1) is 0 Å². The predicted molar refractivity (Wildman–Crippen MR) is 80.3 cm³/mol. The van der Waals surface area contributed by atoms with Gasteiger partial charge in [-0.25, -0.2) is 9.13 Å². The molecule has 0 N–H and O–H groups in total. The molecule has 0 radical (unpaired) electrons. The predicted octanol–water partition coefficient (Wildman–Crippen LogP) is 4.11. The van der Waals surface area contributed by atoms with E-state index in [4.69, 9.17) is 0 Å². The molecular formula is C12H22O7P2. The smallest absolute Gasteiger partial charge is 0.290 e. The maximum Gasteiger partial charge on any atom is 0.483 e. The maximum atomic E-state index is 11.3. The Hall–Kier alpha value is -0.520. The van der Waals surface area contributed by atoms with E-state index in [1.165, 1.54) is 11.1 Å². The van der Waals surface area contributed by atoms with E-state index in [0.717, 1.165) is 28.4 Å². The topological polar surface area (TPSA) is 80.3 Å². The number of hydrogen-bond donors (Lipinski definition) is 0. The zero-order chi connectivity index (χ0) is 16.5. The van der Waals surface area contributed by atoms with E-state index in [1.54, 1.807) is 0 Å². The lowest BCUT2D eigenvalue weighted by Crippen LogP contribution is -1.96. The molecule has 1 rings (SSSR count). The molecule has 0 spiro atoms. The Morgan fingerprint density at radius 2 is 1.10 bits per heavy atom. The number of rotatable bonds is 6. The largest absolute Gasteiger partial charge is 0.483 e. The molecule has 0 amide bonds. The number of hydrogen-bond acceptors (Lipinski definition) is 7. The lowest BCUT2D eigenvalue weighted by molar-refractivity contribution is 0.158. The van der Waals surface area contributed by atoms with E-state index < -0.39 is 15.6 Å². The molecule has 1 aromatic rings. The van der Waals surface area contributed by atoms with Crippen LogP contribution in [0.25, 0.3) is 0 Å². The Labute approximate surface area is 125 Å². The first kappa shape index (κ1) is 20.5. The second-order valence-corrected chi connectivity index (χ2v) is 7.77. The monoisotopic (exact) mass is 340 g/mol. The standard InChI is InChI=1S/C8H10.C4H12O7P2/c1-7-4-3-5-8(2)6-7;1-7-12(5,8-2)11-13(6,9-3)10-4/h3-6H,1-2H3;1-4H3. The first-order valence-corrected chi connectivity index (χ1v) is 8.84. The maximum absolute atomic E-state index is 11.3. The summed E-state index contributed by atoms with van der Waals surface area (Å²) < 4.78 is 44.5. The van der Waals surface area contributed by atoms with Gasteiger partial charge in [-0.1, -0.05) is 35.4 Å². The lowest BCUT2D eigenvalue weighted by atomic mass is 10.2. The molecule has 122 valence electrons. The molecule has 0 aliphatic rings. The number of benzene rings is 1. The fraction of sp³-hybridized carbons (Fsp3) is 0.500. The van der Waals surface area contributed by atoms with Gasteiger partial charge in [0.25, 0.3) is 0 Å². The van der Waals surface area contributed by atoms with Gasteiger partial charge in [-0.05, 0) is 13.8 Å². The van der Waals surface area contributed by atoms with Crippen molar-refractivity contribution in [1.29, 1.82) is 0 Å². The van der Waals surface area contributed by atoms with Gasteiger partial charge in [0.15, 0.2) is 0 Å². The van der Waals surface area contributed by atoms with Crippen LogP contribution < -0.4 is 0 Å². The van der Waals surface area contributed by atoms with Crippen molar-refractivity contribution in [3.05, 3.63) is 35.4 Å². The molecular weight excluding hydrogens is 318 g/mol. The third-order valence-electron chi connectivity index (χ3n) is 2.27. The minimum atomic E-state index is -3.85. The highest BCUT2D eigenvalue weighted by Crippen LogP contribution is 2.64. The average molecular weight is 340 g/mol. The van der Waals surface area contributed by atoms with Crippen LogP contribution in [0.4, 0.5) is 0 Å². The zero-order valence-electron chi connectivity index (χ0n) is 13.1. The first-order valence-electron chi connectivity index (χ1n) is 5.91. The van der Waals surface area contributed by atoms with Crippen molar-refractivity contribution in [2.24, 2.45) is 0 Å². The van der Waals surface area contributed by atoms with Gasteiger partial charge in [-0.2, -0.15) is 4.31 Å². The summed E-state index contributed by atoms with van der Waals surface area (Å²) in [5, 5.41) is 0. The Kier molecular flexibility index (Phi) is 9.25. The molecule has 0 aliphatic heterocycles. The first-order chi connectivity index (χ1) is 9.74. The third kappa shape index (κ3) is 7.88. The van der Waals surface area contributed by atoms with Crippen LogP contribution in [0.5, 0.6) is 0 Å². The van der Waals surface area contributed by atoms with Crippen LogP contribution in [-0.4, -0.2) is 28.4 Å². The summed E-state index contributed by atoms with van der Waals surface area (Å²) in [5.74, 6) is 0. The molecule has 9 heteroatoms. The lowest BCUT2D eigenvalue weighted by Gasteiger charge is -2.17. The van der Waals surface area contributed by atoms with Crippen LogP contribution in [0.1, 0.15) is 11.1 Å². The molecule has 0 saturated carbocycles. The molecule has 0 heterocycles. The minimum absolute atomic E-state index is 1.08. The van der Waals surface area contributed by atoms with E-state index in [1.807, 2.05) is 0 Å². The molecule has 0 bridgehead atoms. The van der Waals surface area contributed by atoms with Crippen LogP contribution in [0.2, 0.25) is 0 Å². The molecule has 1 aromatic carbocycles. The Bertz CT molecular complexity index is 461. The molecule has 0 fully saturated rings. The summed E-state index contributed by atoms with van der Waals surface area (Å²) in [4.78, 5) is 0. The average Bonchev–Trinajstić information content (AvgIpc) is 2.47. The third-order valence-corrected chi connectivity index (χ3v) is 5.66. The Morgan fingerprint density at radius 3 is 1.29 bits per heavy atom. The van der Waals surface area contributed by atoms with Crippen molar-refractivity contribution in [1.82, 2.24) is 0 Å². The Morgan fingerprint density at radius 1 is 0.762 bits per heavy atom. The van der Waals surface area contributed by atoms with Gasteiger partial charge in [0, 0.05) is 28.4 Å². The highest BCUT2D eigenvalue weighted by Gasteiger charge is 2.37. The molecule has 0 aromatic heterocycles. The zero-order valence-corrected chi connectivity index (χ0v) is 14.9. The number of phosphoric ester groups is 2. The van der Waals surface area contributed by atoms with E-state index in [9.17, 15) is 9.13 Å². The van der Waals surface area contributed by atoms with Gasteiger partial charge in [0.2, 0.25) is 0 Å². The summed E-state index contributed by atoms with van der Waals surface area (Å²) in [5.41, 5.74) is 2.68. The molecule has 0 atom stereocenters. The van der Waals surface area contributed by atoms with Gasteiger partial charge >= 0.3 is 15.6 Å². The van der Waals surface area contributed by atoms with E-state index in [-0.39, 0.29) is 0 Å². The van der Waals surface area contributed by atoms with Gasteiger partial charge in [0.1, 0.15) is 0 Å². The van der Waals surface area contributed by atoms with Gasteiger partial charge < -0.3 is 0 Å². The van der Waals surface area contributed by atoms with Gasteiger partial charge in [0.05, 0.1) is 0 Å². The molecule has 0 aliphatic carbocycles. The molecule has 0 saturated heterocycles. The fourth-order valence-electron chi connectivity index (χ4n) is 1.21. The molecule has 7 nitrogen and oxygen atoms in total. The van der Waals surface area contributed by atoms with Crippen LogP contribution >= 0.6 is 15.6 Å². The number of phosphoric acid groups is 2. The summed E-state index contributed by atoms with van der Waals surface area (Å²) >= 11 is 0. The second-order valence-electron chi connectivity index (χ2n) is 3.86. The normalized spacial score (nSPS) is 11.7. The SMILES string of the molecule is COP(=O)(OC)OP(=O)(OC)OC.Cc1cccc(C)c1. The van der Waals surface area contributed by atoms with E-state index >= 15 is 0 Å². The van der Waals surface area contributed by atoms with Crippen LogP contribution in [0.15, 0.2) is 24.3 Å².